The summed E-state index contributed by atoms with van der Waals surface area (Å²) in [5, 5.41) is 3.03. The van der Waals surface area contributed by atoms with Crippen molar-refractivity contribution in [2.75, 3.05) is 0 Å². The number of benzene rings is 2. The minimum Gasteiger partial charge on any atom is -0.147 e. The van der Waals surface area contributed by atoms with Gasteiger partial charge in [-0.2, -0.15) is 0 Å². The van der Waals surface area contributed by atoms with Crippen LogP contribution in [0.1, 0.15) is 32.8 Å². The van der Waals surface area contributed by atoms with Gasteiger partial charge in [0, 0.05) is 0 Å². The van der Waals surface area contributed by atoms with Gasteiger partial charge in [-0.05, 0) is 11.1 Å². The Kier molecular flexibility index (Phi) is 6.91. The van der Waals surface area contributed by atoms with Gasteiger partial charge in [0.05, 0.1) is 0 Å². The molecule has 0 radical (unpaired) electrons. The summed E-state index contributed by atoms with van der Waals surface area (Å²) in [5.74, 6) is 0. The van der Waals surface area contributed by atoms with E-state index >= 15 is 0 Å². The average Bonchev–Trinajstić information content (AvgIpc) is 2.67. The molecule has 0 amide bonds. The number of hydrogen-bond acceptors (Lipinski definition) is 0. The fourth-order valence-corrected chi connectivity index (χ4v) is 4.89. The predicted octanol–water partition coefficient (Wildman–Crippen LogP) is 4.76. The number of hydrogen-bond donors (Lipinski definition) is 0. The van der Waals surface area contributed by atoms with E-state index in [-0.39, 0.29) is 24.8 Å². The van der Waals surface area contributed by atoms with Crippen molar-refractivity contribution in [1.29, 1.82) is 0 Å². The first-order chi connectivity index (χ1) is 9.99. The Balaban J connectivity index is 0.000000277. The van der Waals surface area contributed by atoms with Crippen molar-refractivity contribution >= 4 is 33.7 Å². The standard InChI is InChI=1S/C14H17.C6H4.2ClH.Zr/c1-5-14(4)9-13-10(2)7-6-8-12(13)11(14)3;1-2-6-4-3-5(1)6;;;/h6-8H,5H2,1-4H3;1-4H;2*1H;. The molecule has 0 heterocycles. The molecule has 0 aromatic heterocycles. The summed E-state index contributed by atoms with van der Waals surface area (Å²) in [6.07, 6.45) is 1.22. The summed E-state index contributed by atoms with van der Waals surface area (Å²) in [6, 6.07) is 15.2. The topological polar surface area (TPSA) is 0 Å². The monoisotopic (exact) mass is 423 g/mol. The molecule has 1 aromatic rings. The Morgan fingerprint density at radius 1 is 0.913 bits per heavy atom. The minimum absolute atomic E-state index is 0. The van der Waals surface area contributed by atoms with E-state index in [0.29, 0.717) is 5.41 Å². The van der Waals surface area contributed by atoms with Crippen LogP contribution in [0.4, 0.5) is 0 Å². The average molecular weight is 426 g/mol. The van der Waals surface area contributed by atoms with Crippen molar-refractivity contribution in [3.05, 3.63) is 58.5 Å². The minimum atomic E-state index is 0. The quantitative estimate of drug-likeness (QED) is 0.527. The number of aryl methyl sites for hydroxylation is 1. The van der Waals surface area contributed by atoms with Gasteiger partial charge in [0.2, 0.25) is 0 Å². The number of rotatable bonds is 1. The maximum absolute atomic E-state index is 2.39. The van der Waals surface area contributed by atoms with Crippen LogP contribution in [0.15, 0.2) is 42.5 Å². The van der Waals surface area contributed by atoms with E-state index in [0.717, 1.165) is 0 Å². The summed E-state index contributed by atoms with van der Waals surface area (Å²) < 4.78 is 1.64. The summed E-state index contributed by atoms with van der Waals surface area (Å²) in [4.78, 5) is 0. The van der Waals surface area contributed by atoms with Gasteiger partial charge in [0.1, 0.15) is 0 Å². The van der Waals surface area contributed by atoms with Gasteiger partial charge >= 0.3 is 107 Å². The van der Waals surface area contributed by atoms with Gasteiger partial charge in [0.25, 0.3) is 0 Å². The first-order valence-corrected chi connectivity index (χ1v) is 8.86. The zero-order chi connectivity index (χ0) is 15.2. The molecule has 1 unspecified atom stereocenters. The molecule has 0 bridgehead atoms. The molecule has 3 heteroatoms. The second kappa shape index (κ2) is 7.68. The molecule has 0 spiro atoms. The van der Waals surface area contributed by atoms with E-state index < -0.39 is 0 Å². The van der Waals surface area contributed by atoms with Crippen LogP contribution in [-0.2, 0) is 24.7 Å². The second-order valence-corrected chi connectivity index (χ2v) is 7.49. The Labute approximate surface area is 166 Å². The molecular formula is C20H23Cl2Zr. The summed E-state index contributed by atoms with van der Waals surface area (Å²) in [7, 11) is 0. The Bertz CT molecular complexity index is 801. The third-order valence-electron chi connectivity index (χ3n) is 5.23. The van der Waals surface area contributed by atoms with Crippen molar-refractivity contribution in [1.82, 2.24) is 0 Å². The van der Waals surface area contributed by atoms with Gasteiger partial charge < -0.3 is 0 Å². The fraction of sp³-hybridized carbons (Fsp3) is 0.300. The van der Waals surface area contributed by atoms with Crippen LogP contribution < -0.4 is 10.4 Å². The van der Waals surface area contributed by atoms with Gasteiger partial charge in [-0.1, -0.05) is 24.3 Å². The molecule has 23 heavy (non-hydrogen) atoms. The van der Waals surface area contributed by atoms with Crippen molar-refractivity contribution in [3.8, 4) is 11.1 Å². The summed E-state index contributed by atoms with van der Waals surface area (Å²) >= 11 is 1.57. The van der Waals surface area contributed by atoms with E-state index in [4.69, 9.17) is 0 Å². The largest absolute Gasteiger partial charge is 0.147 e. The summed E-state index contributed by atoms with van der Waals surface area (Å²) in [6.45, 7) is 9.23. The molecule has 121 valence electrons. The van der Waals surface area contributed by atoms with E-state index in [1.54, 1.807) is 33.6 Å². The molecule has 4 rings (SSSR count). The Hall–Kier alpha value is -0.357. The first-order valence-electron chi connectivity index (χ1n) is 7.63. The molecule has 1 aromatic carbocycles. The van der Waals surface area contributed by atoms with Gasteiger partial charge in [-0.25, -0.2) is 0 Å². The first kappa shape index (κ1) is 20.7. The zero-order valence-corrected chi connectivity index (χ0v) is 18.2. The fourth-order valence-electron chi connectivity index (χ4n) is 3.18. The van der Waals surface area contributed by atoms with Crippen molar-refractivity contribution in [2.24, 2.45) is 5.41 Å². The maximum atomic E-state index is 2.39. The van der Waals surface area contributed by atoms with Crippen LogP contribution in [0.3, 0.4) is 0 Å². The van der Waals surface area contributed by atoms with Crippen LogP contribution in [-0.4, -0.2) is 0 Å². The van der Waals surface area contributed by atoms with Crippen LogP contribution in [0, 0.1) is 12.3 Å². The molecule has 0 saturated heterocycles. The zero-order valence-electron chi connectivity index (χ0n) is 14.1. The Morgan fingerprint density at radius 3 is 1.78 bits per heavy atom. The van der Waals surface area contributed by atoms with Crippen molar-refractivity contribution < 1.29 is 24.7 Å². The van der Waals surface area contributed by atoms with Crippen molar-refractivity contribution in [2.45, 2.75) is 34.1 Å². The molecule has 0 saturated carbocycles. The van der Waals surface area contributed by atoms with E-state index in [2.05, 4.69) is 70.2 Å². The van der Waals surface area contributed by atoms with E-state index in [1.807, 2.05) is 0 Å². The number of halogens is 2. The van der Waals surface area contributed by atoms with Crippen LogP contribution in [0.2, 0.25) is 0 Å². The Morgan fingerprint density at radius 2 is 1.43 bits per heavy atom. The molecule has 0 nitrogen and oxygen atoms in total. The molecule has 3 aliphatic rings. The third-order valence-corrected chi connectivity index (χ3v) is 7.20. The summed E-state index contributed by atoms with van der Waals surface area (Å²) in [5.41, 5.74) is 6.18. The van der Waals surface area contributed by atoms with Crippen molar-refractivity contribution in [3.63, 3.8) is 0 Å². The smallest absolute Gasteiger partial charge is 0.0184 e. The predicted molar refractivity (Wildman–Crippen MR) is 101 cm³/mol. The second-order valence-electron chi connectivity index (χ2n) is 6.26. The molecule has 3 aliphatic carbocycles. The van der Waals surface area contributed by atoms with Gasteiger partial charge in [-0.15, -0.1) is 24.8 Å². The third kappa shape index (κ3) is 3.26. The van der Waals surface area contributed by atoms with E-state index in [1.165, 1.54) is 33.5 Å². The normalized spacial score (nSPS) is 18.9. The molecule has 0 aliphatic heterocycles. The maximum Gasteiger partial charge on any atom is -0.0184 e. The molecule has 0 fully saturated rings. The molecule has 0 N–H and O–H groups in total. The van der Waals surface area contributed by atoms with Gasteiger partial charge in [-0.3, -0.25) is 0 Å². The number of fused-ring (bicyclic) bond motifs is 2. The molecular weight excluding hydrogens is 402 g/mol. The molecule has 1 atom stereocenters. The van der Waals surface area contributed by atoms with E-state index in [9.17, 15) is 0 Å². The van der Waals surface area contributed by atoms with Crippen LogP contribution >= 0.6 is 24.8 Å². The SMILES string of the molecule is CCC1(C)C(C)=c2cccc(C)c2=[C]1[Zr].Cl.Cl.c1cc2ccc1-2. The van der Waals surface area contributed by atoms with Gasteiger partial charge in [0.15, 0.2) is 0 Å². The van der Waals surface area contributed by atoms with Crippen LogP contribution in [0.25, 0.3) is 20.0 Å². The van der Waals surface area contributed by atoms with Crippen LogP contribution in [0.5, 0.6) is 0 Å².